The van der Waals surface area contributed by atoms with Gasteiger partial charge in [-0.1, -0.05) is 96.1 Å². The van der Waals surface area contributed by atoms with E-state index >= 15 is 4.79 Å². The van der Waals surface area contributed by atoms with Crippen LogP contribution in [0.25, 0.3) is 0 Å². The standard InChI is InChI=1S/C48H37F6N3O6/c1-26-12-14-31(15-13-26)55-57-43(60)38-24-37-34(18-19-36-40(37)44(61)56(42(36)59)32-21-29(47(49,50)51)20-30(22-32)48(52,53)54)41(46(38,45(57)62)28-10-6-3-7-11-28)35-17-16-33(23-39(35)58)63-25-27-8-4-2-5-9-27/h2-18,20-23,36-38,40-41,55,58H,19,24-25H2,1H3/t36-,37+,38-,40-,41+,46+/m0/s1. The number of amides is 4. The Morgan fingerprint density at radius 3 is 2.00 bits per heavy atom. The minimum atomic E-state index is -5.25. The van der Waals surface area contributed by atoms with E-state index in [0.717, 1.165) is 16.1 Å². The third kappa shape index (κ3) is 6.90. The summed E-state index contributed by atoms with van der Waals surface area (Å²) in [5.74, 6) is -9.48. The van der Waals surface area contributed by atoms with Crippen LogP contribution in [0.1, 0.15) is 52.1 Å². The minimum absolute atomic E-state index is 0.0836. The van der Waals surface area contributed by atoms with Crippen LogP contribution >= 0.6 is 0 Å². The second-order valence-corrected chi connectivity index (χ2v) is 16.4. The van der Waals surface area contributed by atoms with Gasteiger partial charge in [-0.3, -0.25) is 24.6 Å². The van der Waals surface area contributed by atoms with Gasteiger partial charge in [0.1, 0.15) is 18.1 Å². The molecule has 0 radical (unpaired) electrons. The van der Waals surface area contributed by atoms with Crippen LogP contribution in [0, 0.1) is 30.6 Å². The number of aromatic hydroxyl groups is 1. The number of carbonyl (C=O) groups is 4. The summed E-state index contributed by atoms with van der Waals surface area (Å²) < 4.78 is 90.1. The number of halogens is 6. The van der Waals surface area contributed by atoms with E-state index in [4.69, 9.17) is 4.74 Å². The summed E-state index contributed by atoms with van der Waals surface area (Å²) in [6.45, 7) is 2.02. The highest BCUT2D eigenvalue weighted by molar-refractivity contribution is 6.22. The largest absolute Gasteiger partial charge is 0.508 e. The van der Waals surface area contributed by atoms with Crippen molar-refractivity contribution in [2.45, 2.75) is 50.1 Å². The quantitative estimate of drug-likeness (QED) is 0.0908. The predicted molar refractivity (Wildman–Crippen MR) is 217 cm³/mol. The molecule has 0 aromatic heterocycles. The number of alkyl halides is 6. The Morgan fingerprint density at radius 1 is 0.746 bits per heavy atom. The highest BCUT2D eigenvalue weighted by Gasteiger charge is 2.70. The number of hydrazine groups is 1. The number of phenolic OH excluding ortho intramolecular Hbond substituents is 1. The number of anilines is 2. The van der Waals surface area contributed by atoms with Gasteiger partial charge in [0.05, 0.1) is 45.7 Å². The van der Waals surface area contributed by atoms with Gasteiger partial charge < -0.3 is 9.84 Å². The van der Waals surface area contributed by atoms with E-state index in [-0.39, 0.29) is 42.6 Å². The first kappa shape index (κ1) is 41.5. The van der Waals surface area contributed by atoms with Crippen molar-refractivity contribution < 1.29 is 55.4 Å². The summed E-state index contributed by atoms with van der Waals surface area (Å²) in [4.78, 5) is 59.6. The molecule has 0 unspecified atom stereocenters. The number of imide groups is 2. The van der Waals surface area contributed by atoms with Gasteiger partial charge in [0.2, 0.25) is 11.8 Å². The average Bonchev–Trinajstić information content (AvgIpc) is 3.64. The normalized spacial score (nSPS) is 24.5. The van der Waals surface area contributed by atoms with Gasteiger partial charge in [0.15, 0.2) is 0 Å². The highest BCUT2D eigenvalue weighted by atomic mass is 19.4. The Bertz CT molecular complexity index is 2660. The summed E-state index contributed by atoms with van der Waals surface area (Å²) >= 11 is 0. The molecule has 15 heteroatoms. The fourth-order valence-corrected chi connectivity index (χ4v) is 10.0. The number of carbonyl (C=O) groups excluding carboxylic acids is 4. The van der Waals surface area contributed by atoms with Crippen LogP contribution in [0.3, 0.4) is 0 Å². The molecule has 5 aromatic carbocycles. The molecule has 2 aliphatic heterocycles. The van der Waals surface area contributed by atoms with E-state index in [9.17, 15) is 45.8 Å². The number of allylic oxidation sites excluding steroid dienone is 2. The summed E-state index contributed by atoms with van der Waals surface area (Å²) in [5, 5.41) is 12.9. The zero-order chi connectivity index (χ0) is 44.6. The zero-order valence-electron chi connectivity index (χ0n) is 33.3. The molecule has 2 aliphatic carbocycles. The Kier molecular flexibility index (Phi) is 9.98. The summed E-state index contributed by atoms with van der Waals surface area (Å²) in [6.07, 6.45) is -9.23. The Hall–Kier alpha value is -6.90. The van der Waals surface area contributed by atoms with Crippen LogP contribution in [0.15, 0.2) is 133 Å². The molecule has 0 spiro atoms. The van der Waals surface area contributed by atoms with Crippen molar-refractivity contribution in [3.8, 4) is 11.5 Å². The highest BCUT2D eigenvalue weighted by Crippen LogP contribution is 2.65. The van der Waals surface area contributed by atoms with Crippen LogP contribution in [0.5, 0.6) is 11.5 Å². The molecule has 2 N–H and O–H groups in total. The molecule has 1 saturated carbocycles. The lowest BCUT2D eigenvalue weighted by molar-refractivity contribution is -0.143. The molecule has 0 bridgehead atoms. The molecule has 9 nitrogen and oxygen atoms in total. The van der Waals surface area contributed by atoms with Crippen molar-refractivity contribution in [3.05, 3.63) is 166 Å². The van der Waals surface area contributed by atoms with E-state index in [0.29, 0.717) is 33.9 Å². The van der Waals surface area contributed by atoms with Crippen molar-refractivity contribution in [2.24, 2.45) is 23.7 Å². The van der Waals surface area contributed by atoms with Crippen molar-refractivity contribution in [3.63, 3.8) is 0 Å². The van der Waals surface area contributed by atoms with E-state index in [1.807, 2.05) is 37.3 Å². The molecule has 63 heavy (non-hydrogen) atoms. The number of nitrogens with one attached hydrogen (secondary N) is 1. The van der Waals surface area contributed by atoms with Gasteiger partial charge in [-0.15, -0.1) is 0 Å². The first-order valence-corrected chi connectivity index (χ1v) is 20.1. The van der Waals surface area contributed by atoms with Crippen molar-refractivity contribution in [1.82, 2.24) is 5.01 Å². The summed E-state index contributed by atoms with van der Waals surface area (Å²) in [7, 11) is 0. The number of ether oxygens (including phenoxy) is 1. The average molecular weight is 866 g/mol. The predicted octanol–water partition coefficient (Wildman–Crippen LogP) is 9.51. The van der Waals surface area contributed by atoms with Crippen LogP contribution in [-0.4, -0.2) is 33.7 Å². The Balaban J connectivity index is 1.19. The number of hydrogen-bond donors (Lipinski definition) is 2. The molecular formula is C48H37F6N3O6. The number of aryl methyl sites for hydroxylation is 1. The lowest BCUT2D eigenvalue weighted by Gasteiger charge is -2.50. The third-order valence-corrected chi connectivity index (χ3v) is 12.8. The summed E-state index contributed by atoms with van der Waals surface area (Å²) in [5.41, 5.74) is 0.0892. The van der Waals surface area contributed by atoms with E-state index in [2.05, 4.69) is 5.43 Å². The molecule has 5 aromatic rings. The first-order valence-electron chi connectivity index (χ1n) is 20.1. The second-order valence-electron chi connectivity index (χ2n) is 16.4. The lowest BCUT2D eigenvalue weighted by Crippen LogP contribution is -2.53. The number of fused-ring (bicyclic) bond motifs is 4. The number of benzene rings is 5. The monoisotopic (exact) mass is 865 g/mol. The number of hydrogen-bond acceptors (Lipinski definition) is 7. The zero-order valence-corrected chi connectivity index (χ0v) is 33.3. The van der Waals surface area contributed by atoms with Crippen molar-refractivity contribution >= 4 is 35.0 Å². The number of phenols is 1. The molecule has 9 rings (SSSR count). The molecule has 3 fully saturated rings. The van der Waals surface area contributed by atoms with Crippen LogP contribution < -0.4 is 15.1 Å². The van der Waals surface area contributed by atoms with Gasteiger partial charge in [0, 0.05) is 17.5 Å². The molecule has 4 aliphatic rings. The fourth-order valence-electron chi connectivity index (χ4n) is 10.0. The van der Waals surface area contributed by atoms with Gasteiger partial charge in [-0.05, 0) is 73.2 Å². The van der Waals surface area contributed by atoms with E-state index < -0.39 is 87.8 Å². The number of rotatable bonds is 8. The van der Waals surface area contributed by atoms with Crippen LogP contribution in [-0.2, 0) is 43.6 Å². The molecule has 322 valence electrons. The van der Waals surface area contributed by atoms with Gasteiger partial charge in [0.25, 0.3) is 11.8 Å². The molecule has 2 saturated heterocycles. The number of nitrogens with zero attached hydrogens (tertiary/aromatic N) is 2. The second kappa shape index (κ2) is 15.2. The van der Waals surface area contributed by atoms with E-state index in [1.54, 1.807) is 72.8 Å². The maximum atomic E-state index is 15.4. The van der Waals surface area contributed by atoms with Crippen LogP contribution in [0.2, 0.25) is 0 Å². The lowest BCUT2D eigenvalue weighted by atomic mass is 9.49. The Labute approximate surface area is 356 Å². The van der Waals surface area contributed by atoms with Gasteiger partial charge >= 0.3 is 12.4 Å². The fraction of sp³-hybridized carbons (Fsp3) is 0.250. The SMILES string of the molecule is Cc1ccc(NN2C(=O)[C@@H]3C[C@@H]4C(=CC[C@@H]5C(=O)N(c6cc(C(F)(F)F)cc(C(F)(F)F)c6)C(=O)[C@@H]54)[C@H](c4ccc(OCc5ccccc5)cc4O)[C@]3(c3ccccc3)C2=O)cc1. The van der Waals surface area contributed by atoms with Gasteiger partial charge in [-0.25, -0.2) is 4.90 Å². The Morgan fingerprint density at radius 2 is 1.38 bits per heavy atom. The van der Waals surface area contributed by atoms with Gasteiger partial charge in [-0.2, -0.15) is 31.4 Å². The topological polar surface area (TPSA) is 116 Å². The third-order valence-electron chi connectivity index (χ3n) is 12.8. The molecular weight excluding hydrogens is 829 g/mol. The smallest absolute Gasteiger partial charge is 0.416 e. The first-order chi connectivity index (χ1) is 30.0. The maximum Gasteiger partial charge on any atom is 0.416 e. The van der Waals surface area contributed by atoms with Crippen molar-refractivity contribution in [2.75, 3.05) is 10.3 Å². The minimum Gasteiger partial charge on any atom is -0.508 e. The maximum absolute atomic E-state index is 15.4. The van der Waals surface area contributed by atoms with Crippen LogP contribution in [0.4, 0.5) is 37.7 Å². The molecule has 2 heterocycles. The summed E-state index contributed by atoms with van der Waals surface area (Å²) in [6, 6.07) is 29.9. The van der Waals surface area contributed by atoms with Crippen molar-refractivity contribution in [1.29, 1.82) is 0 Å². The molecule has 4 amide bonds. The molecule has 6 atom stereocenters. The van der Waals surface area contributed by atoms with E-state index in [1.165, 1.54) is 6.07 Å².